The van der Waals surface area contributed by atoms with Gasteiger partial charge >= 0.3 is 6.03 Å². The molecule has 126 valence electrons. The first-order valence-electron chi connectivity index (χ1n) is 8.80. The summed E-state index contributed by atoms with van der Waals surface area (Å²) in [5.74, 6) is 1.27. The molecular weight excluding hydrogens is 302 g/mol. The van der Waals surface area contributed by atoms with Gasteiger partial charge in [-0.3, -0.25) is 5.32 Å². The van der Waals surface area contributed by atoms with Crippen molar-refractivity contribution >= 4 is 11.8 Å². The van der Waals surface area contributed by atoms with Gasteiger partial charge in [0, 0.05) is 24.4 Å². The molecule has 2 amide bonds. The molecule has 24 heavy (non-hydrogen) atoms. The SMILES string of the molecule is CCc1cc(NC(=O)N2CC3(CCCC3)C2c2ccccc2)no1. The van der Waals surface area contributed by atoms with Crippen LogP contribution >= 0.6 is 0 Å². The van der Waals surface area contributed by atoms with Crippen LogP contribution in [-0.2, 0) is 6.42 Å². The Hall–Kier alpha value is -2.30. The number of aromatic nitrogens is 1. The Morgan fingerprint density at radius 2 is 2.08 bits per heavy atom. The van der Waals surface area contributed by atoms with E-state index in [4.69, 9.17) is 4.52 Å². The van der Waals surface area contributed by atoms with Crippen LogP contribution < -0.4 is 5.32 Å². The van der Waals surface area contributed by atoms with Gasteiger partial charge in [-0.25, -0.2) is 4.79 Å². The van der Waals surface area contributed by atoms with E-state index >= 15 is 0 Å². The summed E-state index contributed by atoms with van der Waals surface area (Å²) < 4.78 is 5.17. The number of anilines is 1. The van der Waals surface area contributed by atoms with Crippen molar-refractivity contribution in [3.05, 3.63) is 47.7 Å². The van der Waals surface area contributed by atoms with Crippen molar-refractivity contribution < 1.29 is 9.32 Å². The van der Waals surface area contributed by atoms with E-state index < -0.39 is 0 Å². The first-order chi connectivity index (χ1) is 11.7. The number of rotatable bonds is 3. The van der Waals surface area contributed by atoms with Gasteiger partial charge in [-0.2, -0.15) is 0 Å². The Balaban J connectivity index is 1.54. The van der Waals surface area contributed by atoms with Crippen molar-refractivity contribution in [2.24, 2.45) is 5.41 Å². The molecule has 1 saturated carbocycles. The number of amides is 2. The van der Waals surface area contributed by atoms with Crippen LogP contribution in [-0.4, -0.2) is 22.6 Å². The van der Waals surface area contributed by atoms with Gasteiger partial charge in [-0.1, -0.05) is 55.3 Å². The molecule has 1 aliphatic carbocycles. The quantitative estimate of drug-likeness (QED) is 0.910. The van der Waals surface area contributed by atoms with Crippen molar-refractivity contribution in [3.8, 4) is 0 Å². The van der Waals surface area contributed by atoms with Gasteiger partial charge in [-0.05, 0) is 18.4 Å². The van der Waals surface area contributed by atoms with Crippen molar-refractivity contribution in [2.75, 3.05) is 11.9 Å². The maximum Gasteiger partial charge on any atom is 0.323 e. The summed E-state index contributed by atoms with van der Waals surface area (Å²) in [6.07, 6.45) is 5.72. The lowest BCUT2D eigenvalue weighted by atomic mass is 9.67. The summed E-state index contributed by atoms with van der Waals surface area (Å²) in [5.41, 5.74) is 1.49. The third-order valence-corrected chi connectivity index (χ3v) is 5.49. The van der Waals surface area contributed by atoms with E-state index in [0.717, 1.165) is 18.7 Å². The molecule has 1 N–H and O–H groups in total. The number of carbonyl (C=O) groups is 1. The first kappa shape index (κ1) is 15.2. The minimum Gasteiger partial charge on any atom is -0.359 e. The van der Waals surface area contributed by atoms with Crippen LogP contribution in [0.15, 0.2) is 40.9 Å². The molecule has 1 unspecified atom stereocenters. The van der Waals surface area contributed by atoms with Crippen LogP contribution in [0.25, 0.3) is 0 Å². The van der Waals surface area contributed by atoms with E-state index in [2.05, 4.69) is 34.7 Å². The number of hydrogen-bond donors (Lipinski definition) is 1. The van der Waals surface area contributed by atoms with Crippen LogP contribution in [0, 0.1) is 5.41 Å². The summed E-state index contributed by atoms with van der Waals surface area (Å²) in [7, 11) is 0. The minimum atomic E-state index is -0.0858. The van der Waals surface area contributed by atoms with Gasteiger partial charge in [0.25, 0.3) is 0 Å². The topological polar surface area (TPSA) is 58.4 Å². The highest BCUT2D eigenvalue weighted by Crippen LogP contribution is 2.58. The Kier molecular flexibility index (Phi) is 3.79. The second-order valence-corrected chi connectivity index (χ2v) is 6.97. The molecule has 1 aromatic heterocycles. The molecule has 5 heteroatoms. The predicted octanol–water partition coefficient (Wildman–Crippen LogP) is 4.39. The second-order valence-electron chi connectivity index (χ2n) is 6.97. The van der Waals surface area contributed by atoms with E-state index in [-0.39, 0.29) is 17.5 Å². The van der Waals surface area contributed by atoms with Crippen molar-refractivity contribution in [1.82, 2.24) is 10.1 Å². The maximum atomic E-state index is 12.7. The standard InChI is InChI=1S/C19H23N3O2/c1-2-15-12-16(21-24-15)20-18(23)22-13-19(10-6-7-11-19)17(22)14-8-4-3-5-9-14/h3-5,8-9,12,17H,2,6-7,10-11,13H2,1H3,(H,20,21,23). The highest BCUT2D eigenvalue weighted by Gasteiger charge is 2.55. The Bertz CT molecular complexity index is 719. The fraction of sp³-hybridized carbons (Fsp3) is 0.474. The summed E-state index contributed by atoms with van der Waals surface area (Å²) in [4.78, 5) is 14.7. The molecule has 2 aliphatic rings. The molecule has 5 nitrogen and oxygen atoms in total. The lowest BCUT2D eigenvalue weighted by molar-refractivity contribution is -0.0353. The van der Waals surface area contributed by atoms with Gasteiger partial charge in [0.05, 0.1) is 6.04 Å². The number of carbonyl (C=O) groups excluding carboxylic acids is 1. The fourth-order valence-corrected chi connectivity index (χ4v) is 4.32. The average Bonchev–Trinajstić information content (AvgIpc) is 3.24. The third kappa shape index (κ3) is 2.48. The van der Waals surface area contributed by atoms with Crippen molar-refractivity contribution in [3.63, 3.8) is 0 Å². The van der Waals surface area contributed by atoms with Gasteiger partial charge in [0.2, 0.25) is 0 Å². The average molecular weight is 325 g/mol. The summed E-state index contributed by atoms with van der Waals surface area (Å²) >= 11 is 0. The molecule has 2 fully saturated rings. The maximum absolute atomic E-state index is 12.7. The summed E-state index contributed by atoms with van der Waals surface area (Å²) in [6, 6.07) is 12.3. The Labute approximate surface area is 142 Å². The molecule has 1 aromatic carbocycles. The predicted molar refractivity (Wildman–Crippen MR) is 91.7 cm³/mol. The van der Waals surface area contributed by atoms with E-state index in [1.54, 1.807) is 6.07 Å². The van der Waals surface area contributed by atoms with E-state index in [1.165, 1.54) is 31.2 Å². The molecule has 0 radical (unpaired) electrons. The number of urea groups is 1. The molecule has 1 saturated heterocycles. The second kappa shape index (κ2) is 5.96. The lowest BCUT2D eigenvalue weighted by Crippen LogP contribution is -2.60. The number of nitrogens with one attached hydrogen (secondary N) is 1. The zero-order valence-electron chi connectivity index (χ0n) is 14.0. The van der Waals surface area contributed by atoms with Gasteiger partial charge < -0.3 is 9.42 Å². The number of aryl methyl sites for hydroxylation is 1. The summed E-state index contributed by atoms with van der Waals surface area (Å²) in [5, 5.41) is 6.81. The van der Waals surface area contributed by atoms with Gasteiger partial charge in [0.15, 0.2) is 5.82 Å². The Morgan fingerprint density at radius 1 is 1.33 bits per heavy atom. The number of likely N-dealkylation sites (tertiary alicyclic amines) is 1. The molecular formula is C19H23N3O2. The molecule has 2 aromatic rings. The third-order valence-electron chi connectivity index (χ3n) is 5.49. The molecule has 4 rings (SSSR count). The Morgan fingerprint density at radius 3 is 2.75 bits per heavy atom. The molecule has 0 bridgehead atoms. The van der Waals surface area contributed by atoms with E-state index in [0.29, 0.717) is 5.82 Å². The van der Waals surface area contributed by atoms with Gasteiger partial charge in [-0.15, -0.1) is 0 Å². The minimum absolute atomic E-state index is 0.0858. The van der Waals surface area contributed by atoms with Crippen molar-refractivity contribution in [2.45, 2.75) is 45.1 Å². The first-order valence-corrected chi connectivity index (χ1v) is 8.80. The zero-order valence-corrected chi connectivity index (χ0v) is 14.0. The van der Waals surface area contributed by atoms with Crippen LogP contribution in [0.3, 0.4) is 0 Å². The molecule has 2 heterocycles. The smallest absolute Gasteiger partial charge is 0.323 e. The normalized spacial score (nSPS) is 21.7. The highest BCUT2D eigenvalue weighted by molar-refractivity contribution is 5.89. The van der Waals surface area contributed by atoms with Crippen LogP contribution in [0.1, 0.15) is 50.0 Å². The lowest BCUT2D eigenvalue weighted by Gasteiger charge is -2.56. The molecule has 1 atom stereocenters. The van der Waals surface area contributed by atoms with E-state index in [9.17, 15) is 4.79 Å². The van der Waals surface area contributed by atoms with Crippen LogP contribution in [0.5, 0.6) is 0 Å². The van der Waals surface area contributed by atoms with Crippen LogP contribution in [0.4, 0.5) is 10.6 Å². The summed E-state index contributed by atoms with van der Waals surface area (Å²) in [6.45, 7) is 2.83. The largest absolute Gasteiger partial charge is 0.359 e. The van der Waals surface area contributed by atoms with E-state index in [1.807, 2.05) is 17.9 Å². The van der Waals surface area contributed by atoms with Gasteiger partial charge in [0.1, 0.15) is 5.76 Å². The zero-order chi connectivity index (χ0) is 16.6. The van der Waals surface area contributed by atoms with Crippen LogP contribution in [0.2, 0.25) is 0 Å². The number of hydrogen-bond acceptors (Lipinski definition) is 3. The monoisotopic (exact) mass is 325 g/mol. The fourth-order valence-electron chi connectivity index (χ4n) is 4.32. The van der Waals surface area contributed by atoms with Crippen molar-refractivity contribution in [1.29, 1.82) is 0 Å². The number of nitrogens with zero attached hydrogens (tertiary/aromatic N) is 2. The molecule has 1 aliphatic heterocycles. The highest BCUT2D eigenvalue weighted by atomic mass is 16.5. The molecule has 1 spiro atoms. The number of benzene rings is 1.